The van der Waals surface area contributed by atoms with Crippen LogP contribution in [0.1, 0.15) is 5.56 Å². The van der Waals surface area contributed by atoms with Crippen LogP contribution < -0.4 is 15.2 Å². The zero-order valence-electron chi connectivity index (χ0n) is 11.2. The van der Waals surface area contributed by atoms with Gasteiger partial charge in [0.1, 0.15) is 22.2 Å². The molecule has 1 aromatic heterocycles. The lowest BCUT2D eigenvalue weighted by atomic mass is 10.1. The van der Waals surface area contributed by atoms with Gasteiger partial charge in [-0.05, 0) is 24.3 Å². The minimum atomic E-state index is -3.85. The summed E-state index contributed by atoms with van der Waals surface area (Å²) in [7, 11) is -2.44. The van der Waals surface area contributed by atoms with Gasteiger partial charge in [0.05, 0.1) is 7.11 Å². The van der Waals surface area contributed by atoms with E-state index in [9.17, 15) is 8.42 Å². The Balaban J connectivity index is 2.51. The number of ether oxygens (including phenoxy) is 1. The molecule has 0 spiro atoms. The first-order valence-electron chi connectivity index (χ1n) is 5.90. The van der Waals surface area contributed by atoms with Crippen molar-refractivity contribution in [2.45, 2.75) is 4.90 Å². The summed E-state index contributed by atoms with van der Waals surface area (Å²) in [5.41, 5.74) is 5.84. The van der Waals surface area contributed by atoms with Gasteiger partial charge in [0.15, 0.2) is 0 Å². The number of nitrogens with one attached hydrogen (secondary N) is 2. The molecule has 0 atom stereocenters. The Hall–Kier alpha value is -2.61. The third-order valence-corrected chi connectivity index (χ3v) is 4.05. The van der Waals surface area contributed by atoms with Crippen molar-refractivity contribution >= 4 is 21.5 Å². The molecule has 0 fully saturated rings. The van der Waals surface area contributed by atoms with E-state index >= 15 is 0 Å². The molecule has 21 heavy (non-hydrogen) atoms. The lowest BCUT2D eigenvalue weighted by molar-refractivity contribution is 0.417. The van der Waals surface area contributed by atoms with Crippen LogP contribution in [-0.4, -0.2) is 26.3 Å². The molecule has 0 saturated carbocycles. The average molecular weight is 306 g/mol. The summed E-state index contributed by atoms with van der Waals surface area (Å²) in [4.78, 5) is 3.78. The Bertz CT molecular complexity index is 760. The van der Waals surface area contributed by atoms with Gasteiger partial charge < -0.3 is 10.5 Å². The van der Waals surface area contributed by atoms with Crippen LogP contribution in [0, 0.1) is 5.41 Å². The number of hydrogen-bond donors (Lipinski definition) is 3. The molecular formula is C13H14N4O3S. The lowest BCUT2D eigenvalue weighted by Crippen LogP contribution is -2.19. The fourth-order valence-electron chi connectivity index (χ4n) is 1.73. The molecule has 2 rings (SSSR count). The molecule has 7 nitrogen and oxygen atoms in total. The van der Waals surface area contributed by atoms with E-state index < -0.39 is 10.0 Å². The van der Waals surface area contributed by atoms with Crippen molar-refractivity contribution in [1.29, 1.82) is 5.41 Å². The highest BCUT2D eigenvalue weighted by Gasteiger charge is 2.20. The summed E-state index contributed by atoms with van der Waals surface area (Å²) < 4.78 is 32.2. The van der Waals surface area contributed by atoms with Gasteiger partial charge in [-0.15, -0.1) is 0 Å². The van der Waals surface area contributed by atoms with E-state index in [1.165, 1.54) is 37.7 Å². The Kier molecular flexibility index (Phi) is 4.08. The van der Waals surface area contributed by atoms with E-state index in [1.54, 1.807) is 12.1 Å². The molecule has 0 aliphatic carbocycles. The number of nitrogens with zero attached hydrogens (tertiary/aromatic N) is 1. The monoisotopic (exact) mass is 306 g/mol. The van der Waals surface area contributed by atoms with Crippen molar-refractivity contribution in [2.24, 2.45) is 5.73 Å². The molecule has 0 bridgehead atoms. The van der Waals surface area contributed by atoms with Crippen molar-refractivity contribution in [2.75, 3.05) is 11.8 Å². The molecule has 110 valence electrons. The van der Waals surface area contributed by atoms with E-state index in [2.05, 4.69) is 9.71 Å². The third-order valence-electron chi connectivity index (χ3n) is 2.72. The molecular weight excluding hydrogens is 292 g/mol. The summed E-state index contributed by atoms with van der Waals surface area (Å²) >= 11 is 0. The first-order valence-corrected chi connectivity index (χ1v) is 7.38. The van der Waals surface area contributed by atoms with Crippen LogP contribution in [0.15, 0.2) is 47.6 Å². The number of benzene rings is 1. The first kappa shape index (κ1) is 14.8. The zero-order chi connectivity index (χ0) is 15.5. The van der Waals surface area contributed by atoms with Gasteiger partial charge in [0.2, 0.25) is 0 Å². The van der Waals surface area contributed by atoms with Crippen LogP contribution in [0.4, 0.5) is 5.69 Å². The highest BCUT2D eigenvalue weighted by Crippen LogP contribution is 2.30. The summed E-state index contributed by atoms with van der Waals surface area (Å²) in [6.45, 7) is 0. The quantitative estimate of drug-likeness (QED) is 0.566. The zero-order valence-corrected chi connectivity index (χ0v) is 12.0. The summed E-state index contributed by atoms with van der Waals surface area (Å²) in [6, 6.07) is 7.66. The number of nitrogen functional groups attached to an aromatic ring is 1. The number of hydrogen-bond acceptors (Lipinski definition) is 5. The van der Waals surface area contributed by atoms with E-state index in [0.717, 1.165) is 0 Å². The second-order valence-electron chi connectivity index (χ2n) is 4.09. The largest absolute Gasteiger partial charge is 0.495 e. The van der Waals surface area contributed by atoms with E-state index in [0.29, 0.717) is 0 Å². The molecule has 1 aromatic carbocycles. The normalized spacial score (nSPS) is 10.9. The SMILES string of the molecule is COc1cccc(C(=N)N)c1NS(=O)(=O)c1cccnc1. The number of pyridine rings is 1. The highest BCUT2D eigenvalue weighted by molar-refractivity contribution is 7.92. The fourth-order valence-corrected chi connectivity index (χ4v) is 2.78. The molecule has 1 heterocycles. The third kappa shape index (κ3) is 3.11. The number of methoxy groups -OCH3 is 1. The molecule has 2 aromatic rings. The number of para-hydroxylation sites is 1. The second kappa shape index (κ2) is 5.80. The second-order valence-corrected chi connectivity index (χ2v) is 5.77. The number of amidine groups is 1. The fraction of sp³-hybridized carbons (Fsp3) is 0.0769. The number of rotatable bonds is 5. The number of aromatic nitrogens is 1. The molecule has 0 amide bonds. The predicted molar refractivity (Wildman–Crippen MR) is 79.1 cm³/mol. The molecule has 0 aliphatic heterocycles. The Labute approximate surface area is 122 Å². The van der Waals surface area contributed by atoms with Gasteiger partial charge in [-0.25, -0.2) is 8.42 Å². The van der Waals surface area contributed by atoms with Crippen molar-refractivity contribution in [1.82, 2.24) is 4.98 Å². The van der Waals surface area contributed by atoms with Crippen LogP contribution >= 0.6 is 0 Å². The Morgan fingerprint density at radius 2 is 2.10 bits per heavy atom. The molecule has 0 unspecified atom stereocenters. The van der Waals surface area contributed by atoms with Gasteiger partial charge in [-0.2, -0.15) is 0 Å². The smallest absolute Gasteiger partial charge is 0.263 e. The maximum atomic E-state index is 12.3. The minimum Gasteiger partial charge on any atom is -0.495 e. The topological polar surface area (TPSA) is 118 Å². The average Bonchev–Trinajstić information content (AvgIpc) is 2.47. The van der Waals surface area contributed by atoms with Crippen LogP contribution in [0.3, 0.4) is 0 Å². The van der Waals surface area contributed by atoms with Gasteiger partial charge >= 0.3 is 0 Å². The summed E-state index contributed by atoms with van der Waals surface area (Å²) in [5, 5.41) is 7.54. The molecule has 0 aliphatic rings. The maximum Gasteiger partial charge on any atom is 0.263 e. The van der Waals surface area contributed by atoms with E-state index in [1.807, 2.05) is 0 Å². The highest BCUT2D eigenvalue weighted by atomic mass is 32.2. The minimum absolute atomic E-state index is 0.00501. The van der Waals surface area contributed by atoms with Crippen molar-refractivity contribution in [3.05, 3.63) is 48.3 Å². The van der Waals surface area contributed by atoms with Crippen LogP contribution in [0.5, 0.6) is 5.75 Å². The number of anilines is 1. The number of nitrogens with two attached hydrogens (primary N) is 1. The Morgan fingerprint density at radius 1 is 1.33 bits per heavy atom. The molecule has 4 N–H and O–H groups in total. The van der Waals surface area contributed by atoms with Crippen molar-refractivity contribution < 1.29 is 13.2 Å². The lowest BCUT2D eigenvalue weighted by Gasteiger charge is -2.15. The van der Waals surface area contributed by atoms with Crippen LogP contribution in [0.25, 0.3) is 0 Å². The number of sulfonamides is 1. The standard InChI is InChI=1S/C13H14N4O3S/c1-20-11-6-2-5-10(13(14)15)12(11)17-21(18,19)9-4-3-7-16-8-9/h2-8,17H,1H3,(H3,14,15). The summed E-state index contributed by atoms with van der Waals surface area (Å²) in [6.07, 6.45) is 2.70. The van der Waals surface area contributed by atoms with Crippen LogP contribution in [-0.2, 0) is 10.0 Å². The Morgan fingerprint density at radius 3 is 2.67 bits per heavy atom. The van der Waals surface area contributed by atoms with E-state index in [-0.39, 0.29) is 27.7 Å². The molecule has 8 heteroatoms. The summed E-state index contributed by atoms with van der Waals surface area (Å²) in [5.74, 6) is 0.00736. The maximum absolute atomic E-state index is 12.3. The van der Waals surface area contributed by atoms with Crippen LogP contribution in [0.2, 0.25) is 0 Å². The van der Waals surface area contributed by atoms with Gasteiger partial charge in [-0.3, -0.25) is 15.1 Å². The van der Waals surface area contributed by atoms with Gasteiger partial charge in [0, 0.05) is 18.0 Å². The van der Waals surface area contributed by atoms with Crippen molar-refractivity contribution in [3.63, 3.8) is 0 Å². The van der Waals surface area contributed by atoms with Gasteiger partial charge in [0.25, 0.3) is 10.0 Å². The first-order chi connectivity index (χ1) is 9.95. The van der Waals surface area contributed by atoms with Crippen molar-refractivity contribution in [3.8, 4) is 5.75 Å². The predicted octanol–water partition coefficient (Wildman–Crippen LogP) is 1.18. The van der Waals surface area contributed by atoms with Gasteiger partial charge in [-0.1, -0.05) is 6.07 Å². The van der Waals surface area contributed by atoms with E-state index in [4.69, 9.17) is 15.9 Å². The molecule has 0 saturated heterocycles. The molecule has 0 radical (unpaired) electrons.